The number of rotatable bonds is 4. The maximum Gasteiger partial charge on any atom is 0.320 e. The number of aliphatic carboxylic acids is 1. The third-order valence-corrected chi connectivity index (χ3v) is 5.12. The van der Waals surface area contributed by atoms with Crippen LogP contribution in [0, 0.1) is 5.92 Å². The number of hydrogen-bond donors (Lipinski definition) is 2. The Balaban J connectivity index is 1.78. The van der Waals surface area contributed by atoms with Crippen LogP contribution in [0.3, 0.4) is 0 Å². The van der Waals surface area contributed by atoms with Crippen LogP contribution in [0.1, 0.15) is 44.6 Å². The second kappa shape index (κ2) is 6.71. The first-order valence-electron chi connectivity index (χ1n) is 8.39. The Morgan fingerprint density at radius 3 is 2.83 bits per heavy atom. The summed E-state index contributed by atoms with van der Waals surface area (Å²) in [6, 6.07) is 7.70. The lowest BCUT2D eigenvalue weighted by Gasteiger charge is -2.33. The van der Waals surface area contributed by atoms with Crippen molar-refractivity contribution in [3.8, 4) is 0 Å². The number of carboxylic acids is 1. The summed E-state index contributed by atoms with van der Waals surface area (Å²) in [7, 11) is 0. The summed E-state index contributed by atoms with van der Waals surface area (Å²) >= 11 is 0. The molecule has 5 heteroatoms. The number of benzene rings is 1. The molecule has 1 heterocycles. The molecule has 2 aliphatic rings. The lowest BCUT2D eigenvalue weighted by molar-refractivity contribution is -0.142. The van der Waals surface area contributed by atoms with Gasteiger partial charge in [0.25, 0.3) is 0 Å². The van der Waals surface area contributed by atoms with Crippen LogP contribution in [0.15, 0.2) is 24.3 Å². The molecule has 1 saturated carbocycles. The van der Waals surface area contributed by atoms with Gasteiger partial charge in [0.1, 0.15) is 6.04 Å². The number of amides is 1. The van der Waals surface area contributed by atoms with E-state index in [1.807, 2.05) is 24.3 Å². The highest BCUT2D eigenvalue weighted by Gasteiger charge is 2.44. The molecular formula is C18H24N2O3. The SMILES string of the molecule is CC(=O)Nc1cccc(CN2[C@H](C(=O)O)C[C@H]3CCCC[C@@H]32)c1. The van der Waals surface area contributed by atoms with Crippen molar-refractivity contribution in [1.29, 1.82) is 0 Å². The highest BCUT2D eigenvalue weighted by Crippen LogP contribution is 2.40. The summed E-state index contributed by atoms with van der Waals surface area (Å²) < 4.78 is 0. The third kappa shape index (κ3) is 3.55. The fourth-order valence-electron chi connectivity index (χ4n) is 4.18. The molecule has 1 aromatic carbocycles. The molecule has 1 aromatic rings. The lowest BCUT2D eigenvalue weighted by Crippen LogP contribution is -2.41. The van der Waals surface area contributed by atoms with Crippen LogP contribution in [0.4, 0.5) is 5.69 Å². The highest BCUT2D eigenvalue weighted by molar-refractivity contribution is 5.88. The van der Waals surface area contributed by atoms with E-state index in [0.717, 1.165) is 30.5 Å². The van der Waals surface area contributed by atoms with E-state index in [2.05, 4.69) is 10.2 Å². The molecule has 1 amide bonds. The average molecular weight is 316 g/mol. The van der Waals surface area contributed by atoms with Gasteiger partial charge in [-0.1, -0.05) is 25.0 Å². The first-order chi connectivity index (χ1) is 11.0. The van der Waals surface area contributed by atoms with Crippen molar-refractivity contribution in [1.82, 2.24) is 4.90 Å². The van der Waals surface area contributed by atoms with E-state index in [4.69, 9.17) is 0 Å². The molecule has 1 aliphatic heterocycles. The van der Waals surface area contributed by atoms with Crippen LogP contribution in [0.25, 0.3) is 0 Å². The number of carbonyl (C=O) groups is 2. The Bertz CT molecular complexity index is 602. The third-order valence-electron chi connectivity index (χ3n) is 5.12. The van der Waals surface area contributed by atoms with Crippen LogP contribution in [0.2, 0.25) is 0 Å². The molecule has 0 unspecified atom stereocenters. The van der Waals surface area contributed by atoms with Gasteiger partial charge in [-0.15, -0.1) is 0 Å². The maximum atomic E-state index is 11.7. The van der Waals surface area contributed by atoms with Crippen LogP contribution in [-0.4, -0.2) is 34.0 Å². The molecular weight excluding hydrogens is 292 g/mol. The predicted molar refractivity (Wildman–Crippen MR) is 88.1 cm³/mol. The normalized spacial score (nSPS) is 27.4. The van der Waals surface area contributed by atoms with Crippen molar-refractivity contribution in [2.45, 2.75) is 57.7 Å². The van der Waals surface area contributed by atoms with Crippen LogP contribution >= 0.6 is 0 Å². The molecule has 2 fully saturated rings. The van der Waals surface area contributed by atoms with Gasteiger partial charge in [-0.05, 0) is 42.9 Å². The van der Waals surface area contributed by atoms with Gasteiger partial charge in [0.05, 0.1) is 0 Å². The number of fused-ring (bicyclic) bond motifs is 1. The number of carboxylic acid groups (broad SMARTS) is 1. The summed E-state index contributed by atoms with van der Waals surface area (Å²) in [6.45, 7) is 2.12. The van der Waals surface area contributed by atoms with Gasteiger partial charge in [-0.3, -0.25) is 14.5 Å². The number of nitrogens with zero attached hydrogens (tertiary/aromatic N) is 1. The maximum absolute atomic E-state index is 11.7. The van der Waals surface area contributed by atoms with Crippen molar-refractivity contribution in [3.05, 3.63) is 29.8 Å². The molecule has 0 bridgehead atoms. The van der Waals surface area contributed by atoms with Crippen molar-refractivity contribution in [2.24, 2.45) is 5.92 Å². The molecule has 0 aromatic heterocycles. The number of carbonyl (C=O) groups excluding carboxylic acids is 1. The van der Waals surface area contributed by atoms with Gasteiger partial charge >= 0.3 is 5.97 Å². The van der Waals surface area contributed by atoms with E-state index in [1.54, 1.807) is 0 Å². The summed E-state index contributed by atoms with van der Waals surface area (Å²) in [5.41, 5.74) is 1.81. The summed E-state index contributed by atoms with van der Waals surface area (Å²) in [4.78, 5) is 25.0. The van der Waals surface area contributed by atoms with Crippen LogP contribution in [0.5, 0.6) is 0 Å². The van der Waals surface area contributed by atoms with Crippen molar-refractivity contribution < 1.29 is 14.7 Å². The molecule has 2 N–H and O–H groups in total. The largest absolute Gasteiger partial charge is 0.480 e. The number of anilines is 1. The summed E-state index contributed by atoms with van der Waals surface area (Å²) in [5.74, 6) is -0.292. The average Bonchev–Trinajstić information content (AvgIpc) is 2.86. The predicted octanol–water partition coefficient (Wildman–Crippen LogP) is 2.86. The molecule has 3 atom stereocenters. The fraction of sp³-hybridized carbons (Fsp3) is 0.556. The Hall–Kier alpha value is -1.88. The van der Waals surface area contributed by atoms with Gasteiger partial charge in [0.15, 0.2) is 0 Å². The Labute approximate surface area is 136 Å². The fourth-order valence-corrected chi connectivity index (χ4v) is 4.18. The zero-order valence-electron chi connectivity index (χ0n) is 13.5. The number of hydrogen-bond acceptors (Lipinski definition) is 3. The van der Waals surface area contributed by atoms with E-state index >= 15 is 0 Å². The van der Waals surface area contributed by atoms with Crippen molar-refractivity contribution in [3.63, 3.8) is 0 Å². The molecule has 1 aliphatic carbocycles. The summed E-state index contributed by atoms with van der Waals surface area (Å²) in [5, 5.41) is 12.4. The van der Waals surface area contributed by atoms with Gasteiger partial charge < -0.3 is 10.4 Å². The van der Waals surface area contributed by atoms with Crippen molar-refractivity contribution >= 4 is 17.6 Å². The minimum Gasteiger partial charge on any atom is -0.480 e. The Morgan fingerprint density at radius 1 is 1.30 bits per heavy atom. The summed E-state index contributed by atoms with van der Waals surface area (Å²) in [6.07, 6.45) is 5.43. The zero-order chi connectivity index (χ0) is 16.4. The van der Waals surface area contributed by atoms with E-state index < -0.39 is 5.97 Å². The molecule has 0 radical (unpaired) electrons. The topological polar surface area (TPSA) is 69.6 Å². The van der Waals surface area contributed by atoms with Gasteiger partial charge in [0, 0.05) is 25.2 Å². The molecule has 124 valence electrons. The minimum atomic E-state index is -0.711. The molecule has 1 saturated heterocycles. The molecule has 23 heavy (non-hydrogen) atoms. The second-order valence-electron chi connectivity index (χ2n) is 6.76. The first-order valence-corrected chi connectivity index (χ1v) is 8.39. The lowest BCUT2D eigenvalue weighted by atomic mass is 9.84. The molecule has 3 rings (SSSR count). The Morgan fingerprint density at radius 2 is 2.09 bits per heavy atom. The van der Waals surface area contributed by atoms with E-state index in [0.29, 0.717) is 18.5 Å². The van der Waals surface area contributed by atoms with E-state index in [-0.39, 0.29) is 11.9 Å². The molecule has 0 spiro atoms. The second-order valence-corrected chi connectivity index (χ2v) is 6.76. The number of likely N-dealkylation sites (tertiary alicyclic amines) is 1. The van der Waals surface area contributed by atoms with E-state index in [9.17, 15) is 14.7 Å². The highest BCUT2D eigenvalue weighted by atomic mass is 16.4. The van der Waals surface area contributed by atoms with Gasteiger partial charge in [-0.2, -0.15) is 0 Å². The monoisotopic (exact) mass is 316 g/mol. The quantitative estimate of drug-likeness (QED) is 0.896. The van der Waals surface area contributed by atoms with Crippen LogP contribution in [-0.2, 0) is 16.1 Å². The standard InChI is InChI=1S/C18H24N2O3/c1-12(21)19-15-7-4-5-13(9-15)11-20-16-8-3-2-6-14(16)10-17(20)18(22)23/h4-5,7,9,14,16-17H,2-3,6,8,10-11H2,1H3,(H,19,21)(H,22,23)/t14-,16+,17+/m1/s1. The first kappa shape index (κ1) is 16.0. The molecule has 5 nitrogen and oxygen atoms in total. The smallest absolute Gasteiger partial charge is 0.320 e. The van der Waals surface area contributed by atoms with Gasteiger partial charge in [0.2, 0.25) is 5.91 Å². The number of nitrogens with one attached hydrogen (secondary N) is 1. The Kier molecular flexibility index (Phi) is 4.66. The van der Waals surface area contributed by atoms with Crippen molar-refractivity contribution in [2.75, 3.05) is 5.32 Å². The minimum absolute atomic E-state index is 0.0981. The van der Waals surface area contributed by atoms with Crippen LogP contribution < -0.4 is 5.32 Å². The van der Waals surface area contributed by atoms with E-state index in [1.165, 1.54) is 19.8 Å². The zero-order valence-corrected chi connectivity index (χ0v) is 13.5. The van der Waals surface area contributed by atoms with Gasteiger partial charge in [-0.25, -0.2) is 0 Å².